The fourth-order valence-corrected chi connectivity index (χ4v) is 4.82. The number of nitro groups is 1. The molecule has 2 aliphatic rings. The van der Waals surface area contributed by atoms with E-state index in [1.54, 1.807) is 23.2 Å². The lowest BCUT2D eigenvalue weighted by molar-refractivity contribution is -0.384. The van der Waals surface area contributed by atoms with E-state index in [0.717, 1.165) is 41.3 Å². The number of nitrogens with one attached hydrogen (secondary N) is 1. The van der Waals surface area contributed by atoms with Crippen molar-refractivity contribution in [1.29, 1.82) is 0 Å². The van der Waals surface area contributed by atoms with Gasteiger partial charge in [0.15, 0.2) is 11.5 Å². The number of nitrogens with zero attached hydrogens (tertiary/aromatic N) is 4. The predicted molar refractivity (Wildman–Crippen MR) is 140 cm³/mol. The van der Waals surface area contributed by atoms with Crippen molar-refractivity contribution < 1.29 is 23.9 Å². The molecule has 1 N–H and O–H groups in total. The van der Waals surface area contributed by atoms with Crippen LogP contribution in [0.4, 0.5) is 10.5 Å². The van der Waals surface area contributed by atoms with Gasteiger partial charge in [0, 0.05) is 42.9 Å². The van der Waals surface area contributed by atoms with Crippen LogP contribution in [0.25, 0.3) is 22.6 Å². The summed E-state index contributed by atoms with van der Waals surface area (Å²) in [6, 6.07) is 17.5. The second-order valence-electron chi connectivity index (χ2n) is 9.37. The lowest BCUT2D eigenvalue weighted by Crippen LogP contribution is -2.38. The molecule has 0 spiro atoms. The molecule has 0 bridgehead atoms. The SMILES string of the molecule is O=C(OCc1ccc([N+](=O)[O-])cc1)N1CCC(c2nc(-c3ccc4c(c3)OCO4)c(-c3ccccn3)[nH]2)CC1. The monoisotopic (exact) mass is 527 g/mol. The molecule has 1 fully saturated rings. The number of amides is 1. The lowest BCUT2D eigenvalue weighted by atomic mass is 9.96. The highest BCUT2D eigenvalue weighted by atomic mass is 16.7. The van der Waals surface area contributed by atoms with Crippen LogP contribution < -0.4 is 9.47 Å². The maximum atomic E-state index is 12.7. The Labute approximate surface area is 223 Å². The van der Waals surface area contributed by atoms with Gasteiger partial charge in [-0.05, 0) is 60.9 Å². The number of nitro benzene ring substituents is 1. The van der Waals surface area contributed by atoms with E-state index in [2.05, 4.69) is 9.97 Å². The molecule has 11 heteroatoms. The number of benzene rings is 2. The summed E-state index contributed by atoms with van der Waals surface area (Å²) in [4.78, 5) is 37.7. The Morgan fingerprint density at radius 3 is 2.62 bits per heavy atom. The normalized spacial score (nSPS) is 14.8. The van der Waals surface area contributed by atoms with E-state index in [4.69, 9.17) is 19.2 Å². The molecule has 0 unspecified atom stereocenters. The maximum Gasteiger partial charge on any atom is 0.410 e. The largest absolute Gasteiger partial charge is 0.454 e. The number of aromatic nitrogens is 3. The zero-order valence-electron chi connectivity index (χ0n) is 20.9. The van der Waals surface area contributed by atoms with Gasteiger partial charge in [-0.15, -0.1) is 0 Å². The van der Waals surface area contributed by atoms with Gasteiger partial charge >= 0.3 is 6.09 Å². The maximum absolute atomic E-state index is 12.7. The lowest BCUT2D eigenvalue weighted by Gasteiger charge is -2.30. The number of hydrogen-bond acceptors (Lipinski definition) is 8. The Morgan fingerprint density at radius 1 is 1.08 bits per heavy atom. The third kappa shape index (κ3) is 5.11. The Hall–Kier alpha value is -4.93. The van der Waals surface area contributed by atoms with Gasteiger partial charge in [0.05, 0.1) is 22.0 Å². The summed E-state index contributed by atoms with van der Waals surface area (Å²) in [6.45, 7) is 1.32. The first kappa shape index (κ1) is 24.4. The van der Waals surface area contributed by atoms with E-state index < -0.39 is 11.0 Å². The van der Waals surface area contributed by atoms with Gasteiger partial charge in [-0.25, -0.2) is 9.78 Å². The van der Waals surface area contributed by atoms with Gasteiger partial charge in [-0.2, -0.15) is 0 Å². The zero-order chi connectivity index (χ0) is 26.8. The van der Waals surface area contributed by atoms with Crippen molar-refractivity contribution in [2.45, 2.75) is 25.4 Å². The summed E-state index contributed by atoms with van der Waals surface area (Å²) in [5, 5.41) is 10.8. The van der Waals surface area contributed by atoms with E-state index in [1.165, 1.54) is 12.1 Å². The molecule has 198 valence electrons. The van der Waals surface area contributed by atoms with Crippen LogP contribution in [-0.2, 0) is 11.3 Å². The van der Waals surface area contributed by atoms with Gasteiger partial charge in [0.1, 0.15) is 12.4 Å². The molecule has 2 aromatic carbocycles. The number of carbonyl (C=O) groups is 1. The van der Waals surface area contributed by atoms with Gasteiger partial charge in [0.25, 0.3) is 5.69 Å². The minimum atomic E-state index is -0.462. The van der Waals surface area contributed by atoms with Crippen LogP contribution >= 0.6 is 0 Å². The quantitative estimate of drug-likeness (QED) is 0.264. The topological polar surface area (TPSA) is 133 Å². The number of ether oxygens (including phenoxy) is 3. The molecule has 0 atom stereocenters. The van der Waals surface area contributed by atoms with Crippen LogP contribution in [0.2, 0.25) is 0 Å². The van der Waals surface area contributed by atoms with E-state index in [-0.39, 0.29) is 25.0 Å². The number of imidazole rings is 1. The molecule has 1 saturated heterocycles. The van der Waals surface area contributed by atoms with Crippen molar-refractivity contribution in [3.8, 4) is 34.1 Å². The van der Waals surface area contributed by atoms with E-state index in [0.29, 0.717) is 30.2 Å². The Balaban J connectivity index is 1.14. The van der Waals surface area contributed by atoms with Crippen molar-refractivity contribution in [2.24, 2.45) is 0 Å². The van der Waals surface area contributed by atoms with Crippen LogP contribution in [0, 0.1) is 10.1 Å². The van der Waals surface area contributed by atoms with Gasteiger partial charge in [-0.3, -0.25) is 15.1 Å². The number of fused-ring (bicyclic) bond motifs is 1. The summed E-state index contributed by atoms with van der Waals surface area (Å²) >= 11 is 0. The first-order valence-corrected chi connectivity index (χ1v) is 12.6. The van der Waals surface area contributed by atoms with E-state index in [9.17, 15) is 14.9 Å². The summed E-state index contributed by atoms with van der Waals surface area (Å²) in [6.07, 6.45) is 2.80. The molecule has 2 aromatic heterocycles. The number of pyridine rings is 1. The second kappa shape index (κ2) is 10.4. The minimum absolute atomic E-state index is 0.00189. The van der Waals surface area contributed by atoms with Gasteiger partial charge < -0.3 is 24.1 Å². The van der Waals surface area contributed by atoms with E-state index >= 15 is 0 Å². The number of hydrogen-bond donors (Lipinski definition) is 1. The molecule has 2 aliphatic heterocycles. The van der Waals surface area contributed by atoms with Crippen molar-refractivity contribution in [2.75, 3.05) is 19.9 Å². The highest BCUT2D eigenvalue weighted by molar-refractivity contribution is 5.78. The molecule has 0 aliphatic carbocycles. The summed E-state index contributed by atoms with van der Waals surface area (Å²) in [7, 11) is 0. The predicted octanol–water partition coefficient (Wildman–Crippen LogP) is 5.29. The molecule has 4 heterocycles. The molecule has 0 saturated carbocycles. The van der Waals surface area contributed by atoms with Gasteiger partial charge in [-0.1, -0.05) is 6.07 Å². The first-order valence-electron chi connectivity index (χ1n) is 12.6. The zero-order valence-corrected chi connectivity index (χ0v) is 20.9. The number of non-ortho nitro benzene ring substituents is 1. The van der Waals surface area contributed by atoms with Crippen molar-refractivity contribution in [3.05, 3.63) is 88.4 Å². The molecule has 0 radical (unpaired) electrons. The Bertz CT molecular complexity index is 1500. The standard InChI is InChI=1S/C28H25N5O6/c34-28(37-16-18-4-7-21(8-5-18)33(35)36)32-13-10-19(11-14-32)27-30-25(26(31-27)22-3-1-2-12-29-22)20-6-9-23-24(15-20)39-17-38-23/h1-9,12,15,19H,10-11,13-14,16-17H2,(H,30,31). The van der Waals surface area contributed by atoms with Crippen LogP contribution in [0.3, 0.4) is 0 Å². The average Bonchev–Trinajstić information content (AvgIpc) is 3.64. The molecule has 39 heavy (non-hydrogen) atoms. The summed E-state index contributed by atoms with van der Waals surface area (Å²) in [5.74, 6) is 2.38. The number of aromatic amines is 1. The van der Waals surface area contributed by atoms with E-state index in [1.807, 2.05) is 36.4 Å². The number of likely N-dealkylation sites (tertiary alicyclic amines) is 1. The number of piperidine rings is 1. The number of H-pyrrole nitrogens is 1. The number of rotatable bonds is 6. The summed E-state index contributed by atoms with van der Waals surface area (Å²) < 4.78 is 16.5. The molecule has 6 rings (SSSR count). The molecule has 4 aromatic rings. The first-order chi connectivity index (χ1) is 19.0. The van der Waals surface area contributed by atoms with Crippen LogP contribution in [-0.4, -0.2) is 50.8 Å². The molecule has 1 amide bonds. The number of carbonyl (C=O) groups excluding carboxylic acids is 1. The Kier molecular flexibility index (Phi) is 6.54. The summed E-state index contributed by atoms with van der Waals surface area (Å²) in [5.41, 5.74) is 3.99. The Morgan fingerprint density at radius 2 is 1.87 bits per heavy atom. The van der Waals surface area contributed by atoms with Crippen molar-refractivity contribution in [3.63, 3.8) is 0 Å². The van der Waals surface area contributed by atoms with Crippen molar-refractivity contribution >= 4 is 11.8 Å². The third-order valence-electron chi connectivity index (χ3n) is 6.94. The van der Waals surface area contributed by atoms with Crippen molar-refractivity contribution in [1.82, 2.24) is 19.9 Å². The third-order valence-corrected chi connectivity index (χ3v) is 6.94. The molecular formula is C28H25N5O6. The fraction of sp³-hybridized carbons (Fsp3) is 0.250. The fourth-order valence-electron chi connectivity index (χ4n) is 4.82. The highest BCUT2D eigenvalue weighted by Gasteiger charge is 2.28. The van der Waals surface area contributed by atoms with Crippen LogP contribution in [0.15, 0.2) is 66.9 Å². The highest BCUT2D eigenvalue weighted by Crippen LogP contribution is 2.39. The average molecular weight is 528 g/mol. The molecular weight excluding hydrogens is 502 g/mol. The second-order valence-corrected chi connectivity index (χ2v) is 9.37. The minimum Gasteiger partial charge on any atom is -0.454 e. The van der Waals surface area contributed by atoms with Gasteiger partial charge in [0.2, 0.25) is 6.79 Å². The smallest absolute Gasteiger partial charge is 0.410 e. The molecule has 11 nitrogen and oxygen atoms in total. The van der Waals surface area contributed by atoms with Crippen LogP contribution in [0.5, 0.6) is 11.5 Å². The van der Waals surface area contributed by atoms with Crippen LogP contribution in [0.1, 0.15) is 30.1 Å².